The molecule has 0 radical (unpaired) electrons. The van der Waals surface area contributed by atoms with E-state index >= 15 is 0 Å². The van der Waals surface area contributed by atoms with Crippen molar-refractivity contribution in [2.45, 2.75) is 78.6 Å². The van der Waals surface area contributed by atoms with Crippen molar-refractivity contribution in [2.24, 2.45) is 0 Å². The average molecular weight is 671 g/mol. The molecule has 7 aromatic rings. The zero-order valence-electron chi connectivity index (χ0n) is 30.9. The van der Waals surface area contributed by atoms with Crippen molar-refractivity contribution in [2.75, 3.05) is 4.81 Å². The molecule has 0 bridgehead atoms. The van der Waals surface area contributed by atoms with Crippen LogP contribution in [0.3, 0.4) is 0 Å². The molecule has 0 unspecified atom stereocenters. The van der Waals surface area contributed by atoms with Gasteiger partial charge in [0.1, 0.15) is 28.7 Å². The number of para-hydroxylation sites is 1. The van der Waals surface area contributed by atoms with Crippen LogP contribution in [0, 0.1) is 13.8 Å². The lowest BCUT2D eigenvalue weighted by atomic mass is 9.61. The van der Waals surface area contributed by atoms with Crippen molar-refractivity contribution < 1.29 is 9.39 Å². The first-order valence-electron chi connectivity index (χ1n) is 17.9. The Morgan fingerprint density at radius 2 is 1.47 bits per heavy atom. The van der Waals surface area contributed by atoms with Crippen LogP contribution < -0.4 is 19.7 Å². The Hall–Kier alpha value is -5.30. The van der Waals surface area contributed by atoms with Crippen LogP contribution in [-0.2, 0) is 16.2 Å². The maximum Gasteiger partial charge on any atom is 0.526 e. The lowest BCUT2D eigenvalue weighted by Gasteiger charge is -2.45. The highest BCUT2D eigenvalue weighted by atomic mass is 16.5. The Labute approximate surface area is 300 Å². The molecule has 3 aromatic heterocycles. The van der Waals surface area contributed by atoms with Crippen molar-refractivity contribution in [1.82, 2.24) is 14.4 Å². The van der Waals surface area contributed by atoms with Gasteiger partial charge in [-0.25, -0.2) is 9.97 Å². The minimum Gasteiger partial charge on any atom is -0.536 e. The van der Waals surface area contributed by atoms with Crippen LogP contribution in [0.5, 0.6) is 17.2 Å². The third-order valence-electron chi connectivity index (χ3n) is 12.0. The van der Waals surface area contributed by atoms with Gasteiger partial charge in [-0.15, -0.1) is 0 Å². The maximum atomic E-state index is 6.77. The predicted octanol–water partition coefficient (Wildman–Crippen LogP) is 10.2. The average Bonchev–Trinajstić information content (AvgIpc) is 3.70. The van der Waals surface area contributed by atoms with Crippen molar-refractivity contribution >= 4 is 51.3 Å². The van der Waals surface area contributed by atoms with E-state index < -0.39 is 0 Å². The summed E-state index contributed by atoms with van der Waals surface area (Å²) in [4.78, 5) is 12.2. The van der Waals surface area contributed by atoms with Gasteiger partial charge in [0.15, 0.2) is 0 Å². The van der Waals surface area contributed by atoms with Gasteiger partial charge in [-0.3, -0.25) is 4.40 Å². The second kappa shape index (κ2) is 10.6. The summed E-state index contributed by atoms with van der Waals surface area (Å²) in [6, 6.07) is 29.9. The Bertz CT molecular complexity index is 2560. The fraction of sp³-hybridized carbons (Fsp3) is 0.273. The molecule has 2 aliphatic rings. The second-order valence-corrected chi connectivity index (χ2v) is 16.5. The van der Waals surface area contributed by atoms with Crippen LogP contribution in [0.25, 0.3) is 27.3 Å². The van der Waals surface area contributed by atoms with Crippen LogP contribution in [-0.4, -0.2) is 21.4 Å². The van der Waals surface area contributed by atoms with E-state index in [0.29, 0.717) is 0 Å². The molecule has 0 saturated carbocycles. The number of aromatic nitrogens is 3. The van der Waals surface area contributed by atoms with E-state index in [1.54, 1.807) is 0 Å². The fourth-order valence-corrected chi connectivity index (χ4v) is 8.33. The summed E-state index contributed by atoms with van der Waals surface area (Å²) < 4.78 is 15.9. The largest absolute Gasteiger partial charge is 0.536 e. The first-order valence-corrected chi connectivity index (χ1v) is 17.9. The molecule has 7 heteroatoms. The number of ether oxygens (including phenoxy) is 1. The van der Waals surface area contributed by atoms with E-state index in [-0.39, 0.29) is 23.3 Å². The Morgan fingerprint density at radius 1 is 0.745 bits per heavy atom. The Morgan fingerprint density at radius 3 is 2.24 bits per heavy atom. The van der Waals surface area contributed by atoms with Gasteiger partial charge in [-0.05, 0) is 83.7 Å². The minimum atomic E-state index is -0.367. The molecule has 0 N–H and O–H groups in total. The van der Waals surface area contributed by atoms with Gasteiger partial charge in [-0.1, -0.05) is 96.0 Å². The highest BCUT2D eigenvalue weighted by molar-refractivity contribution is 6.75. The Kier molecular flexibility index (Phi) is 6.59. The summed E-state index contributed by atoms with van der Waals surface area (Å²) in [6.45, 7) is 20.4. The van der Waals surface area contributed by atoms with Crippen molar-refractivity contribution in [3.8, 4) is 17.2 Å². The van der Waals surface area contributed by atoms with Crippen molar-refractivity contribution in [1.29, 1.82) is 0 Å². The van der Waals surface area contributed by atoms with E-state index in [1.165, 1.54) is 44.2 Å². The summed E-state index contributed by atoms with van der Waals surface area (Å²) in [5.74, 6) is 3.12. The quantitative estimate of drug-likeness (QED) is 0.138. The molecule has 0 aliphatic carbocycles. The van der Waals surface area contributed by atoms with E-state index in [4.69, 9.17) is 19.4 Å². The summed E-state index contributed by atoms with van der Waals surface area (Å²) in [6.07, 6.45) is 3.98. The minimum absolute atomic E-state index is 0.0330. The molecule has 4 aromatic carbocycles. The van der Waals surface area contributed by atoms with Gasteiger partial charge in [0, 0.05) is 45.8 Å². The molecule has 6 nitrogen and oxygen atoms in total. The molecule has 254 valence electrons. The summed E-state index contributed by atoms with van der Waals surface area (Å²) in [5.41, 5.74) is 10.2. The van der Waals surface area contributed by atoms with Gasteiger partial charge in [0.2, 0.25) is 0 Å². The van der Waals surface area contributed by atoms with E-state index in [1.807, 2.05) is 18.3 Å². The molecule has 0 amide bonds. The number of rotatable bonds is 4. The molecule has 51 heavy (non-hydrogen) atoms. The number of aryl methyl sites for hydroxylation is 2. The first-order chi connectivity index (χ1) is 24.3. The smallest absolute Gasteiger partial charge is 0.526 e. The zero-order valence-corrected chi connectivity index (χ0v) is 30.9. The van der Waals surface area contributed by atoms with Crippen molar-refractivity contribution in [3.63, 3.8) is 0 Å². The number of hydrogen-bond acceptors (Lipinski definition) is 5. The number of benzene rings is 4. The monoisotopic (exact) mass is 670 g/mol. The van der Waals surface area contributed by atoms with Gasteiger partial charge in [0.25, 0.3) is 0 Å². The molecule has 2 aliphatic heterocycles. The number of nitrogens with zero attached hydrogens (tertiary/aromatic N) is 4. The van der Waals surface area contributed by atoms with E-state index in [0.717, 1.165) is 45.2 Å². The predicted molar refractivity (Wildman–Crippen MR) is 210 cm³/mol. The second-order valence-electron chi connectivity index (χ2n) is 16.5. The summed E-state index contributed by atoms with van der Waals surface area (Å²) >= 11 is 0. The molecular weight excluding hydrogens is 627 g/mol. The fourth-order valence-electron chi connectivity index (χ4n) is 8.33. The molecule has 0 fully saturated rings. The van der Waals surface area contributed by atoms with Crippen LogP contribution >= 0.6 is 0 Å². The molecule has 5 heterocycles. The molecule has 0 saturated heterocycles. The topological polar surface area (TPSA) is 51.9 Å². The van der Waals surface area contributed by atoms with Gasteiger partial charge in [0.05, 0.1) is 11.2 Å². The number of pyridine rings is 2. The van der Waals surface area contributed by atoms with Gasteiger partial charge in [-0.2, -0.15) is 0 Å². The van der Waals surface area contributed by atoms with Gasteiger partial charge < -0.3 is 14.2 Å². The summed E-state index contributed by atoms with van der Waals surface area (Å²) in [5, 5.41) is 3.48. The number of hydrogen-bond donors (Lipinski definition) is 0. The molecule has 0 atom stereocenters. The number of fused-ring (bicyclic) bond motifs is 4. The van der Waals surface area contributed by atoms with Crippen LogP contribution in [0.4, 0.5) is 11.5 Å². The Balaban J connectivity index is 1.16. The third kappa shape index (κ3) is 4.49. The number of anilines is 2. The SMILES string of the molecule is Cc1cccc(C)c1B1Oc2ccc(Oc3ccc4c(c3)c3ncc5n3c3c(cccc43)C(C)(C)C5(C)C)cc2N1c1cc(C(C)(C)C)ccn1. The van der Waals surface area contributed by atoms with E-state index in [2.05, 4.69) is 151 Å². The van der Waals surface area contributed by atoms with Crippen LogP contribution in [0.15, 0.2) is 97.3 Å². The van der Waals surface area contributed by atoms with Crippen molar-refractivity contribution in [3.05, 3.63) is 125 Å². The van der Waals surface area contributed by atoms with Crippen LogP contribution in [0.1, 0.15) is 76.4 Å². The van der Waals surface area contributed by atoms with Gasteiger partial charge >= 0.3 is 7.05 Å². The van der Waals surface area contributed by atoms with E-state index in [9.17, 15) is 0 Å². The molecule has 0 spiro atoms. The molecule has 9 rings (SSSR count). The number of imidazole rings is 1. The highest BCUT2D eigenvalue weighted by Gasteiger charge is 2.46. The lowest BCUT2D eigenvalue weighted by Crippen LogP contribution is -2.49. The van der Waals surface area contributed by atoms with Crippen LogP contribution in [0.2, 0.25) is 0 Å². The normalized spacial score (nSPS) is 15.9. The standard InChI is InChI=1S/C44H43BN4O2/c1-26-12-10-13-27(2)39(26)45-49(38-22-28(20-21-46-38)42(3,4)5)35-24-30(17-19-36(35)51-45)50-29-16-18-31-32-14-11-15-34-40(32)48-37(44(8,9)43(34,6)7)25-47-41(48)33(31)23-29/h10-25H,1-9H3. The first kappa shape index (κ1) is 31.7. The highest BCUT2D eigenvalue weighted by Crippen LogP contribution is 2.51. The zero-order chi connectivity index (χ0) is 35.6. The lowest BCUT2D eigenvalue weighted by molar-refractivity contribution is 0.288. The third-order valence-corrected chi connectivity index (χ3v) is 12.0. The maximum absolute atomic E-state index is 6.77. The summed E-state index contributed by atoms with van der Waals surface area (Å²) in [7, 11) is -0.367. The molecular formula is C44H43BN4O2.